The van der Waals surface area contributed by atoms with E-state index in [0.29, 0.717) is 52.7 Å². The standard InChI is InChI=1S/C20H20ClNO6/c1-24-15-11-14(16(25-2)10-13(15)21)22-19(23)5-4-12-8-17(26-3)20-18(9-12)27-6-7-28-20/h4-5,8-11H,6-7H2,1-3H3,(H,22,23)/b5-4+. The number of carbonyl (C=O) groups is 1. The van der Waals surface area contributed by atoms with Crippen LogP contribution >= 0.6 is 11.6 Å². The van der Waals surface area contributed by atoms with Crippen LogP contribution in [0.3, 0.4) is 0 Å². The molecule has 3 rings (SSSR count). The van der Waals surface area contributed by atoms with Gasteiger partial charge in [0.1, 0.15) is 24.7 Å². The lowest BCUT2D eigenvalue weighted by Gasteiger charge is -2.20. The van der Waals surface area contributed by atoms with Gasteiger partial charge in [-0.1, -0.05) is 11.6 Å². The van der Waals surface area contributed by atoms with Gasteiger partial charge < -0.3 is 29.0 Å². The Hall–Kier alpha value is -3.06. The molecule has 8 heteroatoms. The van der Waals surface area contributed by atoms with Crippen LogP contribution in [0.2, 0.25) is 5.02 Å². The van der Waals surface area contributed by atoms with E-state index in [1.54, 1.807) is 37.5 Å². The maximum atomic E-state index is 12.4. The van der Waals surface area contributed by atoms with Crippen LogP contribution in [0.5, 0.6) is 28.7 Å². The molecule has 0 fully saturated rings. The molecule has 0 atom stereocenters. The second-order valence-corrected chi connectivity index (χ2v) is 6.16. The van der Waals surface area contributed by atoms with Crippen molar-refractivity contribution in [3.05, 3.63) is 40.9 Å². The van der Waals surface area contributed by atoms with Crippen LogP contribution in [0.1, 0.15) is 5.56 Å². The van der Waals surface area contributed by atoms with Crippen LogP contribution in [0.25, 0.3) is 6.08 Å². The molecule has 0 spiro atoms. The Kier molecular flexibility index (Phi) is 6.16. The minimum atomic E-state index is -0.350. The highest BCUT2D eigenvalue weighted by Crippen LogP contribution is 2.40. The summed E-state index contributed by atoms with van der Waals surface area (Å²) in [6.45, 7) is 0.926. The van der Waals surface area contributed by atoms with Crippen molar-refractivity contribution in [2.24, 2.45) is 0 Å². The van der Waals surface area contributed by atoms with Gasteiger partial charge in [-0.05, 0) is 23.8 Å². The van der Waals surface area contributed by atoms with E-state index in [9.17, 15) is 4.79 Å². The van der Waals surface area contributed by atoms with E-state index in [-0.39, 0.29) is 5.91 Å². The van der Waals surface area contributed by atoms with Crippen molar-refractivity contribution < 1.29 is 28.5 Å². The summed E-state index contributed by atoms with van der Waals surface area (Å²) in [5.74, 6) is 2.19. The van der Waals surface area contributed by atoms with E-state index in [2.05, 4.69) is 5.32 Å². The number of halogens is 1. The van der Waals surface area contributed by atoms with Gasteiger partial charge in [-0.2, -0.15) is 0 Å². The summed E-state index contributed by atoms with van der Waals surface area (Å²) in [6, 6.07) is 6.72. The van der Waals surface area contributed by atoms with Crippen molar-refractivity contribution in [1.29, 1.82) is 0 Å². The van der Waals surface area contributed by atoms with Gasteiger partial charge in [-0.25, -0.2) is 0 Å². The molecule has 2 aromatic rings. The minimum absolute atomic E-state index is 0.350. The minimum Gasteiger partial charge on any atom is -0.495 e. The third-order valence-electron chi connectivity index (χ3n) is 4.01. The lowest BCUT2D eigenvalue weighted by molar-refractivity contribution is -0.111. The molecule has 0 bridgehead atoms. The first-order chi connectivity index (χ1) is 13.5. The van der Waals surface area contributed by atoms with Gasteiger partial charge in [-0.15, -0.1) is 0 Å². The number of benzene rings is 2. The van der Waals surface area contributed by atoms with Crippen molar-refractivity contribution in [3.8, 4) is 28.7 Å². The smallest absolute Gasteiger partial charge is 0.248 e. The van der Waals surface area contributed by atoms with Gasteiger partial charge in [-0.3, -0.25) is 4.79 Å². The number of amides is 1. The Labute approximate surface area is 167 Å². The molecule has 0 unspecified atom stereocenters. The van der Waals surface area contributed by atoms with E-state index in [4.69, 9.17) is 35.3 Å². The Morgan fingerprint density at radius 3 is 2.43 bits per heavy atom. The van der Waals surface area contributed by atoms with Crippen molar-refractivity contribution in [2.75, 3.05) is 39.9 Å². The molecule has 1 aliphatic heterocycles. The Morgan fingerprint density at radius 1 is 1.00 bits per heavy atom. The van der Waals surface area contributed by atoms with Crippen LogP contribution in [0.15, 0.2) is 30.3 Å². The molecule has 7 nitrogen and oxygen atoms in total. The molecule has 2 aromatic carbocycles. The Balaban J connectivity index is 1.79. The topological polar surface area (TPSA) is 75.3 Å². The van der Waals surface area contributed by atoms with Gasteiger partial charge in [0, 0.05) is 18.2 Å². The third-order valence-corrected chi connectivity index (χ3v) is 4.30. The van der Waals surface area contributed by atoms with Crippen molar-refractivity contribution >= 4 is 29.3 Å². The van der Waals surface area contributed by atoms with Crippen molar-refractivity contribution in [3.63, 3.8) is 0 Å². The second-order valence-electron chi connectivity index (χ2n) is 5.76. The molecule has 0 aliphatic carbocycles. The molecule has 0 radical (unpaired) electrons. The van der Waals surface area contributed by atoms with E-state index >= 15 is 0 Å². The van der Waals surface area contributed by atoms with E-state index in [1.807, 2.05) is 0 Å². The highest BCUT2D eigenvalue weighted by molar-refractivity contribution is 6.32. The highest BCUT2D eigenvalue weighted by Gasteiger charge is 2.18. The average Bonchev–Trinajstić information content (AvgIpc) is 2.72. The quantitative estimate of drug-likeness (QED) is 0.737. The van der Waals surface area contributed by atoms with Crippen LogP contribution in [0.4, 0.5) is 5.69 Å². The van der Waals surface area contributed by atoms with Gasteiger partial charge in [0.05, 0.1) is 32.0 Å². The van der Waals surface area contributed by atoms with Gasteiger partial charge in [0.2, 0.25) is 11.7 Å². The van der Waals surface area contributed by atoms with Crippen molar-refractivity contribution in [1.82, 2.24) is 0 Å². The number of ether oxygens (including phenoxy) is 5. The molecule has 0 saturated heterocycles. The molecule has 1 aliphatic rings. The van der Waals surface area contributed by atoms with Gasteiger partial charge in [0.15, 0.2) is 11.5 Å². The SMILES string of the molecule is COc1cc(NC(=O)/C=C/c2cc(OC)c3c(c2)OCCO3)c(OC)cc1Cl. The molecule has 148 valence electrons. The van der Waals surface area contributed by atoms with E-state index in [0.717, 1.165) is 5.56 Å². The first-order valence-corrected chi connectivity index (χ1v) is 8.81. The normalized spacial score (nSPS) is 12.6. The zero-order valence-electron chi connectivity index (χ0n) is 15.7. The third kappa shape index (κ3) is 4.26. The molecular formula is C20H20ClNO6. The second kappa shape index (κ2) is 8.75. The van der Waals surface area contributed by atoms with E-state index < -0.39 is 0 Å². The highest BCUT2D eigenvalue weighted by atomic mass is 35.5. The maximum absolute atomic E-state index is 12.4. The number of methoxy groups -OCH3 is 3. The Bertz CT molecular complexity index is 895. The molecule has 0 saturated carbocycles. The first kappa shape index (κ1) is 19.7. The van der Waals surface area contributed by atoms with Crippen LogP contribution in [0, 0.1) is 0 Å². The lowest BCUT2D eigenvalue weighted by Crippen LogP contribution is -2.16. The summed E-state index contributed by atoms with van der Waals surface area (Å²) in [5.41, 5.74) is 1.18. The van der Waals surface area contributed by atoms with Gasteiger partial charge in [0.25, 0.3) is 0 Å². The number of carbonyl (C=O) groups excluding carboxylic acids is 1. The van der Waals surface area contributed by atoms with Gasteiger partial charge >= 0.3 is 0 Å². The summed E-state index contributed by atoms with van der Waals surface area (Å²) in [5, 5.41) is 3.13. The summed E-state index contributed by atoms with van der Waals surface area (Å²) in [6.07, 6.45) is 3.04. The zero-order valence-corrected chi connectivity index (χ0v) is 16.5. The lowest BCUT2D eigenvalue weighted by atomic mass is 10.1. The molecule has 0 aromatic heterocycles. The fraction of sp³-hybridized carbons (Fsp3) is 0.250. The number of hydrogen-bond donors (Lipinski definition) is 1. The fourth-order valence-electron chi connectivity index (χ4n) is 2.69. The monoisotopic (exact) mass is 405 g/mol. The number of anilines is 1. The van der Waals surface area contributed by atoms with E-state index in [1.165, 1.54) is 20.3 Å². The van der Waals surface area contributed by atoms with Crippen LogP contribution in [-0.4, -0.2) is 40.5 Å². The summed E-state index contributed by atoms with van der Waals surface area (Å²) >= 11 is 6.08. The first-order valence-electron chi connectivity index (χ1n) is 8.44. The summed E-state index contributed by atoms with van der Waals surface area (Å²) < 4.78 is 26.9. The zero-order chi connectivity index (χ0) is 20.1. The van der Waals surface area contributed by atoms with Crippen molar-refractivity contribution in [2.45, 2.75) is 0 Å². The average molecular weight is 406 g/mol. The molecule has 1 N–H and O–H groups in total. The maximum Gasteiger partial charge on any atom is 0.248 e. The predicted octanol–water partition coefficient (Wildman–Crippen LogP) is 3.79. The molecule has 28 heavy (non-hydrogen) atoms. The number of nitrogens with one attached hydrogen (secondary N) is 1. The molecule has 1 heterocycles. The predicted molar refractivity (Wildman–Crippen MR) is 106 cm³/mol. The fourth-order valence-corrected chi connectivity index (χ4v) is 2.92. The number of fused-ring (bicyclic) bond motifs is 1. The summed E-state index contributed by atoms with van der Waals surface area (Å²) in [4.78, 5) is 12.4. The Morgan fingerprint density at radius 2 is 1.71 bits per heavy atom. The largest absolute Gasteiger partial charge is 0.495 e. The number of rotatable bonds is 6. The van der Waals surface area contributed by atoms with Crippen LogP contribution in [-0.2, 0) is 4.79 Å². The molecular weight excluding hydrogens is 386 g/mol. The molecule has 1 amide bonds. The number of hydrogen-bond acceptors (Lipinski definition) is 6. The van der Waals surface area contributed by atoms with Crippen LogP contribution < -0.4 is 29.0 Å². The summed E-state index contributed by atoms with van der Waals surface area (Å²) in [7, 11) is 4.54.